The van der Waals surface area contributed by atoms with Gasteiger partial charge in [-0.3, -0.25) is 0 Å². The van der Waals surface area contributed by atoms with Gasteiger partial charge in [0.1, 0.15) is 0 Å². The maximum atomic E-state index is 12.1. The summed E-state index contributed by atoms with van der Waals surface area (Å²) in [5, 5.41) is 9.80. The van der Waals surface area contributed by atoms with Gasteiger partial charge in [0.05, 0.1) is 17.5 Å². The van der Waals surface area contributed by atoms with Gasteiger partial charge in [-0.15, -0.1) is 0 Å². The Morgan fingerprint density at radius 1 is 1.41 bits per heavy atom. The van der Waals surface area contributed by atoms with Crippen molar-refractivity contribution < 1.29 is 18.3 Å². The maximum Gasteiger partial charge on any atom is 0.216 e. The maximum absolute atomic E-state index is 12.1. The molecule has 2 rings (SSSR count). The summed E-state index contributed by atoms with van der Waals surface area (Å²) in [5.41, 5.74) is -0.712. The zero-order valence-corrected chi connectivity index (χ0v) is 11.1. The van der Waals surface area contributed by atoms with E-state index in [1.807, 2.05) is 0 Å². The molecular formula is C11H21NO4S. The molecule has 0 aliphatic carbocycles. The summed E-state index contributed by atoms with van der Waals surface area (Å²) in [4.78, 5) is 0. The molecule has 100 valence electrons. The molecule has 0 bridgehead atoms. The third-order valence-corrected chi connectivity index (χ3v) is 5.56. The number of aliphatic hydroxyl groups is 1. The molecule has 0 radical (unpaired) electrons. The average Bonchev–Trinajstić information content (AvgIpc) is 2.68. The van der Waals surface area contributed by atoms with E-state index in [4.69, 9.17) is 4.74 Å². The van der Waals surface area contributed by atoms with Crippen LogP contribution in [0.2, 0.25) is 0 Å². The van der Waals surface area contributed by atoms with Crippen LogP contribution in [-0.4, -0.2) is 55.0 Å². The Morgan fingerprint density at radius 3 is 2.59 bits per heavy atom. The SMILES string of the molecule is CC1(O)CCN(S(=O)(=O)CC2CCCO2)CC1. The fourth-order valence-corrected chi connectivity index (χ4v) is 4.04. The van der Waals surface area contributed by atoms with E-state index in [1.54, 1.807) is 6.92 Å². The molecule has 6 heteroatoms. The molecule has 0 aromatic carbocycles. The number of sulfonamides is 1. The Balaban J connectivity index is 1.92. The Hall–Kier alpha value is -0.170. The molecule has 5 nitrogen and oxygen atoms in total. The normalized spacial score (nSPS) is 30.6. The first-order valence-electron chi connectivity index (χ1n) is 6.21. The van der Waals surface area contributed by atoms with E-state index in [1.165, 1.54) is 4.31 Å². The van der Waals surface area contributed by atoms with E-state index in [9.17, 15) is 13.5 Å². The molecule has 2 heterocycles. The Labute approximate surface area is 103 Å². The van der Waals surface area contributed by atoms with Crippen LogP contribution in [0.25, 0.3) is 0 Å². The lowest BCUT2D eigenvalue weighted by Crippen LogP contribution is -2.46. The topological polar surface area (TPSA) is 66.8 Å². The van der Waals surface area contributed by atoms with Crippen LogP contribution >= 0.6 is 0 Å². The predicted molar refractivity (Wildman–Crippen MR) is 64.2 cm³/mol. The van der Waals surface area contributed by atoms with Gasteiger partial charge in [-0.25, -0.2) is 12.7 Å². The highest BCUT2D eigenvalue weighted by molar-refractivity contribution is 7.89. The molecule has 0 amide bonds. The van der Waals surface area contributed by atoms with E-state index >= 15 is 0 Å². The number of nitrogens with zero attached hydrogens (tertiary/aromatic N) is 1. The largest absolute Gasteiger partial charge is 0.390 e. The van der Waals surface area contributed by atoms with Gasteiger partial charge < -0.3 is 9.84 Å². The van der Waals surface area contributed by atoms with Gasteiger partial charge in [-0.1, -0.05) is 0 Å². The molecular weight excluding hydrogens is 242 g/mol. The minimum absolute atomic E-state index is 0.0924. The summed E-state index contributed by atoms with van der Waals surface area (Å²) in [6.45, 7) is 3.27. The molecule has 2 saturated heterocycles. The van der Waals surface area contributed by atoms with Crippen LogP contribution < -0.4 is 0 Å². The summed E-state index contributed by atoms with van der Waals surface area (Å²) in [7, 11) is -3.22. The van der Waals surface area contributed by atoms with Gasteiger partial charge in [0, 0.05) is 19.7 Å². The number of hydrogen-bond acceptors (Lipinski definition) is 4. The highest BCUT2D eigenvalue weighted by Crippen LogP contribution is 2.24. The Kier molecular flexibility index (Phi) is 3.77. The number of hydrogen-bond donors (Lipinski definition) is 1. The van der Waals surface area contributed by atoms with Gasteiger partial charge in [0.2, 0.25) is 10.0 Å². The van der Waals surface area contributed by atoms with Crippen molar-refractivity contribution in [3.8, 4) is 0 Å². The first kappa shape index (κ1) is 13.3. The molecule has 2 aliphatic rings. The molecule has 0 spiro atoms. The van der Waals surface area contributed by atoms with Gasteiger partial charge in [0.25, 0.3) is 0 Å². The van der Waals surface area contributed by atoms with Gasteiger partial charge in [-0.2, -0.15) is 0 Å². The summed E-state index contributed by atoms with van der Waals surface area (Å²) in [6, 6.07) is 0. The first-order chi connectivity index (χ1) is 7.89. The summed E-state index contributed by atoms with van der Waals surface area (Å²) in [6.07, 6.45) is 2.68. The molecule has 2 aliphatic heterocycles. The highest BCUT2D eigenvalue weighted by Gasteiger charge is 2.35. The van der Waals surface area contributed by atoms with Crippen molar-refractivity contribution in [3.63, 3.8) is 0 Å². The highest BCUT2D eigenvalue weighted by atomic mass is 32.2. The molecule has 0 aromatic heterocycles. The van der Waals surface area contributed by atoms with Crippen LogP contribution in [-0.2, 0) is 14.8 Å². The second kappa shape index (κ2) is 4.84. The van der Waals surface area contributed by atoms with Crippen molar-refractivity contribution in [1.82, 2.24) is 4.31 Å². The Bertz CT molecular complexity index is 350. The van der Waals surface area contributed by atoms with Crippen LogP contribution in [0.15, 0.2) is 0 Å². The zero-order valence-electron chi connectivity index (χ0n) is 10.3. The van der Waals surface area contributed by atoms with Crippen LogP contribution in [0.5, 0.6) is 0 Å². The smallest absolute Gasteiger partial charge is 0.216 e. The summed E-state index contributed by atoms with van der Waals surface area (Å²) in [5.74, 6) is 0.0924. The fraction of sp³-hybridized carbons (Fsp3) is 1.00. The monoisotopic (exact) mass is 263 g/mol. The Morgan fingerprint density at radius 2 is 2.06 bits per heavy atom. The summed E-state index contributed by atoms with van der Waals surface area (Å²) < 4.78 is 31.1. The van der Waals surface area contributed by atoms with Crippen molar-refractivity contribution in [2.45, 2.75) is 44.3 Å². The van der Waals surface area contributed by atoms with Crippen LogP contribution in [0.3, 0.4) is 0 Å². The molecule has 2 fully saturated rings. The molecule has 1 N–H and O–H groups in total. The van der Waals surface area contributed by atoms with Crippen molar-refractivity contribution in [2.75, 3.05) is 25.4 Å². The first-order valence-corrected chi connectivity index (χ1v) is 7.82. The fourth-order valence-electron chi connectivity index (χ4n) is 2.36. The molecule has 0 saturated carbocycles. The van der Waals surface area contributed by atoms with Crippen LogP contribution in [0.4, 0.5) is 0 Å². The van der Waals surface area contributed by atoms with Gasteiger partial charge in [-0.05, 0) is 32.6 Å². The van der Waals surface area contributed by atoms with E-state index in [0.717, 1.165) is 12.8 Å². The molecule has 1 atom stereocenters. The number of rotatable bonds is 3. The lowest BCUT2D eigenvalue weighted by Gasteiger charge is -2.35. The van der Waals surface area contributed by atoms with E-state index < -0.39 is 15.6 Å². The van der Waals surface area contributed by atoms with Crippen LogP contribution in [0.1, 0.15) is 32.6 Å². The second-order valence-corrected chi connectivity index (χ2v) is 7.32. The minimum atomic E-state index is -3.22. The lowest BCUT2D eigenvalue weighted by atomic mass is 9.95. The quantitative estimate of drug-likeness (QED) is 0.797. The standard InChI is InChI=1S/C11H21NO4S/c1-11(13)4-6-12(7-5-11)17(14,15)9-10-3-2-8-16-10/h10,13H,2-9H2,1H3. The van der Waals surface area contributed by atoms with Crippen molar-refractivity contribution in [2.24, 2.45) is 0 Å². The number of ether oxygens (including phenoxy) is 1. The third kappa shape index (κ3) is 3.40. The van der Waals surface area contributed by atoms with E-state index in [-0.39, 0.29) is 11.9 Å². The van der Waals surface area contributed by atoms with Crippen molar-refractivity contribution in [3.05, 3.63) is 0 Å². The van der Waals surface area contributed by atoms with E-state index in [0.29, 0.717) is 32.5 Å². The van der Waals surface area contributed by atoms with Gasteiger partial charge >= 0.3 is 0 Å². The lowest BCUT2D eigenvalue weighted by molar-refractivity contribution is 0.0123. The van der Waals surface area contributed by atoms with E-state index in [2.05, 4.69) is 0 Å². The number of piperidine rings is 1. The van der Waals surface area contributed by atoms with Crippen LogP contribution in [0, 0.1) is 0 Å². The molecule has 1 unspecified atom stereocenters. The molecule has 0 aromatic rings. The summed E-state index contributed by atoms with van der Waals surface area (Å²) >= 11 is 0. The van der Waals surface area contributed by atoms with Crippen molar-refractivity contribution >= 4 is 10.0 Å². The molecule has 17 heavy (non-hydrogen) atoms. The van der Waals surface area contributed by atoms with Crippen molar-refractivity contribution in [1.29, 1.82) is 0 Å². The zero-order chi connectivity index (χ0) is 12.5. The van der Waals surface area contributed by atoms with Gasteiger partial charge in [0.15, 0.2) is 0 Å². The predicted octanol–water partition coefficient (Wildman–Crippen LogP) is 0.342. The minimum Gasteiger partial charge on any atom is -0.390 e. The average molecular weight is 263 g/mol. The third-order valence-electron chi connectivity index (χ3n) is 3.61. The second-order valence-electron chi connectivity index (χ2n) is 5.31.